The van der Waals surface area contributed by atoms with E-state index in [1.165, 1.54) is 11.1 Å². The Hall–Kier alpha value is -2.47. The molecule has 1 amide bonds. The van der Waals surface area contributed by atoms with Crippen molar-refractivity contribution < 1.29 is 4.79 Å². The van der Waals surface area contributed by atoms with Gasteiger partial charge in [-0.15, -0.1) is 11.3 Å². The van der Waals surface area contributed by atoms with Crippen LogP contribution in [-0.2, 0) is 19.3 Å². The first-order valence-electron chi connectivity index (χ1n) is 9.09. The van der Waals surface area contributed by atoms with Crippen LogP contribution in [0.4, 0.5) is 5.69 Å². The van der Waals surface area contributed by atoms with Crippen molar-refractivity contribution in [3.8, 4) is 0 Å². The number of hydrogen-bond donors (Lipinski definition) is 0. The number of carbonyl (C=O) groups is 1. The summed E-state index contributed by atoms with van der Waals surface area (Å²) in [6.07, 6.45) is 6.41. The highest BCUT2D eigenvalue weighted by Gasteiger charge is 2.33. The Bertz CT molecular complexity index is 1100. The van der Waals surface area contributed by atoms with Gasteiger partial charge in [-0.05, 0) is 50.7 Å². The van der Waals surface area contributed by atoms with E-state index in [2.05, 4.69) is 4.98 Å². The van der Waals surface area contributed by atoms with Crippen LogP contribution in [0, 0.1) is 0 Å². The molecule has 3 aromatic rings. The van der Waals surface area contributed by atoms with E-state index in [-0.39, 0.29) is 23.1 Å². The quantitative estimate of drug-likeness (QED) is 0.665. The number of carbonyl (C=O) groups excluding carboxylic acids is 1. The number of fused-ring (bicyclic) bond motifs is 4. The lowest BCUT2D eigenvalue weighted by Crippen LogP contribution is -2.39. The zero-order valence-corrected chi connectivity index (χ0v) is 15.4. The Balaban J connectivity index is 1.65. The van der Waals surface area contributed by atoms with Crippen LogP contribution in [0.5, 0.6) is 0 Å². The molecule has 0 bridgehead atoms. The van der Waals surface area contributed by atoms with E-state index < -0.39 is 0 Å². The smallest absolute Gasteiger partial charge is 0.271 e. The second-order valence-corrected chi connectivity index (χ2v) is 8.19. The summed E-state index contributed by atoms with van der Waals surface area (Å²) >= 11 is 1.58. The van der Waals surface area contributed by atoms with Crippen molar-refractivity contribution in [3.63, 3.8) is 0 Å². The maximum absolute atomic E-state index is 13.3. The third-order valence-corrected chi connectivity index (χ3v) is 6.62. The molecule has 1 aromatic carbocycles. The molecule has 132 valence electrons. The highest BCUT2D eigenvalue weighted by molar-refractivity contribution is 7.17. The molecule has 0 N–H and O–H groups in total. The van der Waals surface area contributed by atoms with Crippen molar-refractivity contribution in [1.82, 2.24) is 9.38 Å². The molecule has 3 heterocycles. The molecule has 0 spiro atoms. The number of amides is 1. The third kappa shape index (κ3) is 2.18. The molecule has 0 saturated heterocycles. The fraction of sp³-hybridized carbons (Fsp3) is 0.350. The normalized spacial score (nSPS) is 18.8. The molecule has 2 aromatic heterocycles. The Morgan fingerprint density at radius 3 is 2.92 bits per heavy atom. The Morgan fingerprint density at radius 1 is 1.23 bits per heavy atom. The van der Waals surface area contributed by atoms with Crippen molar-refractivity contribution in [2.45, 2.75) is 45.1 Å². The first-order chi connectivity index (χ1) is 12.6. The first-order valence-corrected chi connectivity index (χ1v) is 9.90. The minimum absolute atomic E-state index is 0.0383. The number of aryl methyl sites for hydroxylation is 2. The first kappa shape index (κ1) is 15.8. The molecule has 0 radical (unpaired) electrons. The maximum Gasteiger partial charge on any atom is 0.271 e. The molecule has 1 aliphatic heterocycles. The van der Waals surface area contributed by atoms with Crippen LogP contribution < -0.4 is 10.5 Å². The number of rotatable bonds is 1. The Labute approximate surface area is 154 Å². The number of aromatic nitrogens is 2. The van der Waals surface area contributed by atoms with Crippen molar-refractivity contribution in [3.05, 3.63) is 62.5 Å². The Morgan fingerprint density at radius 2 is 2.04 bits per heavy atom. The second-order valence-electron chi connectivity index (χ2n) is 7.13. The summed E-state index contributed by atoms with van der Waals surface area (Å²) in [6.45, 7) is 2.02. The van der Waals surface area contributed by atoms with Gasteiger partial charge in [0, 0.05) is 28.5 Å². The van der Waals surface area contributed by atoms with Crippen molar-refractivity contribution >= 4 is 27.9 Å². The monoisotopic (exact) mass is 365 g/mol. The van der Waals surface area contributed by atoms with Gasteiger partial charge in [0.1, 0.15) is 5.56 Å². The van der Waals surface area contributed by atoms with E-state index in [1.54, 1.807) is 20.6 Å². The van der Waals surface area contributed by atoms with E-state index in [0.717, 1.165) is 49.0 Å². The lowest BCUT2D eigenvalue weighted by Gasteiger charge is -2.22. The highest BCUT2D eigenvalue weighted by atomic mass is 32.1. The minimum Gasteiger partial charge on any atom is -0.305 e. The van der Waals surface area contributed by atoms with Crippen molar-refractivity contribution in [1.29, 1.82) is 0 Å². The van der Waals surface area contributed by atoms with E-state index in [4.69, 9.17) is 0 Å². The van der Waals surface area contributed by atoms with E-state index in [1.807, 2.05) is 31.2 Å². The Kier molecular flexibility index (Phi) is 3.50. The molecule has 1 unspecified atom stereocenters. The standard InChI is InChI=1S/C20H19N3O2S/c1-12-10-13-6-2-3-7-15(13)22(12)18(24)14-11-21-20-23(19(14)25)16-8-4-5-9-17(16)26-20/h2-3,6-7,11-12H,4-5,8-10H2,1H3. The molecule has 1 aliphatic carbocycles. The second kappa shape index (κ2) is 5.77. The number of benzene rings is 1. The summed E-state index contributed by atoms with van der Waals surface area (Å²) in [4.78, 5) is 34.6. The van der Waals surface area contributed by atoms with E-state index >= 15 is 0 Å². The van der Waals surface area contributed by atoms with Gasteiger partial charge in [-0.25, -0.2) is 4.98 Å². The fourth-order valence-electron chi connectivity index (χ4n) is 4.22. The summed E-state index contributed by atoms with van der Waals surface area (Å²) in [6, 6.07) is 7.95. The lowest BCUT2D eigenvalue weighted by atomic mass is 10.0. The molecule has 26 heavy (non-hydrogen) atoms. The molecular weight excluding hydrogens is 346 g/mol. The van der Waals surface area contributed by atoms with Gasteiger partial charge in [0.15, 0.2) is 4.96 Å². The average molecular weight is 365 g/mol. The summed E-state index contributed by atoms with van der Waals surface area (Å²) in [5, 5.41) is 0. The van der Waals surface area contributed by atoms with Gasteiger partial charge >= 0.3 is 0 Å². The van der Waals surface area contributed by atoms with Crippen LogP contribution in [0.25, 0.3) is 4.96 Å². The molecule has 0 fully saturated rings. The fourth-order valence-corrected chi connectivity index (χ4v) is 5.39. The average Bonchev–Trinajstić information content (AvgIpc) is 3.18. The number of nitrogens with zero attached hydrogens (tertiary/aromatic N) is 3. The summed E-state index contributed by atoms with van der Waals surface area (Å²) in [7, 11) is 0. The van der Waals surface area contributed by atoms with Gasteiger partial charge in [-0.1, -0.05) is 18.2 Å². The summed E-state index contributed by atoms with van der Waals surface area (Å²) in [5.41, 5.74) is 3.05. The van der Waals surface area contributed by atoms with Gasteiger partial charge in [0.05, 0.1) is 0 Å². The van der Waals surface area contributed by atoms with Crippen LogP contribution >= 0.6 is 11.3 Å². The van der Waals surface area contributed by atoms with Crippen molar-refractivity contribution in [2.75, 3.05) is 4.90 Å². The predicted molar refractivity (Wildman–Crippen MR) is 102 cm³/mol. The maximum atomic E-state index is 13.3. The molecular formula is C20H19N3O2S. The lowest BCUT2D eigenvalue weighted by molar-refractivity contribution is 0.0979. The van der Waals surface area contributed by atoms with Crippen LogP contribution in [0.2, 0.25) is 0 Å². The highest BCUT2D eigenvalue weighted by Crippen LogP contribution is 2.33. The van der Waals surface area contributed by atoms with Crippen LogP contribution in [0.1, 0.15) is 46.3 Å². The predicted octanol–water partition coefficient (Wildman–Crippen LogP) is 3.23. The van der Waals surface area contributed by atoms with Gasteiger partial charge in [0.2, 0.25) is 0 Å². The van der Waals surface area contributed by atoms with E-state index in [9.17, 15) is 9.59 Å². The topological polar surface area (TPSA) is 54.7 Å². The van der Waals surface area contributed by atoms with Gasteiger partial charge in [-0.3, -0.25) is 14.0 Å². The number of para-hydroxylation sites is 1. The third-order valence-electron chi connectivity index (χ3n) is 5.46. The number of anilines is 1. The summed E-state index contributed by atoms with van der Waals surface area (Å²) < 4.78 is 1.68. The number of hydrogen-bond acceptors (Lipinski definition) is 4. The molecule has 5 nitrogen and oxygen atoms in total. The van der Waals surface area contributed by atoms with Crippen LogP contribution in [0.15, 0.2) is 35.3 Å². The zero-order chi connectivity index (χ0) is 17.8. The zero-order valence-electron chi connectivity index (χ0n) is 14.6. The van der Waals surface area contributed by atoms with Crippen LogP contribution in [-0.4, -0.2) is 21.3 Å². The molecule has 5 rings (SSSR count). The molecule has 0 saturated carbocycles. The molecule has 1 atom stereocenters. The van der Waals surface area contributed by atoms with E-state index in [0.29, 0.717) is 4.96 Å². The SMILES string of the molecule is CC1Cc2ccccc2N1C(=O)c1cnc2sc3c(n2c1=O)CCCC3. The molecule has 2 aliphatic rings. The molecule has 6 heteroatoms. The summed E-state index contributed by atoms with van der Waals surface area (Å²) in [5.74, 6) is -0.245. The van der Waals surface area contributed by atoms with Gasteiger partial charge in [-0.2, -0.15) is 0 Å². The minimum atomic E-state index is -0.245. The number of thiazole rings is 1. The van der Waals surface area contributed by atoms with Gasteiger partial charge < -0.3 is 4.90 Å². The van der Waals surface area contributed by atoms with Gasteiger partial charge in [0.25, 0.3) is 11.5 Å². The van der Waals surface area contributed by atoms with Crippen LogP contribution in [0.3, 0.4) is 0 Å². The largest absolute Gasteiger partial charge is 0.305 e. The van der Waals surface area contributed by atoms with Crippen molar-refractivity contribution in [2.24, 2.45) is 0 Å².